The summed E-state index contributed by atoms with van der Waals surface area (Å²) in [6, 6.07) is 0. The van der Waals surface area contributed by atoms with Gasteiger partial charge in [-0.2, -0.15) is 0 Å². The molecule has 0 aliphatic carbocycles. The molecule has 4 heteroatoms. The van der Waals surface area contributed by atoms with E-state index in [1.165, 1.54) is 0 Å². The second kappa shape index (κ2) is 11.4. The van der Waals surface area contributed by atoms with E-state index in [9.17, 15) is 0 Å². The molecule has 0 aliphatic heterocycles. The van der Waals surface area contributed by atoms with Gasteiger partial charge in [0.2, 0.25) is 11.6 Å². The topological polar surface area (TPSA) is 36.9 Å². The first-order valence-electron chi connectivity index (χ1n) is 7.55. The summed E-state index contributed by atoms with van der Waals surface area (Å²) in [4.78, 5) is 0. The van der Waals surface area contributed by atoms with Crippen molar-refractivity contribution in [3.63, 3.8) is 0 Å². The lowest BCUT2D eigenvalue weighted by molar-refractivity contribution is -0.398. The summed E-state index contributed by atoms with van der Waals surface area (Å²) >= 11 is 0. The first-order chi connectivity index (χ1) is 10.6. The molecule has 0 N–H and O–H groups in total. The predicted octanol–water partition coefficient (Wildman–Crippen LogP) is 4.01. The molecule has 0 aromatic heterocycles. The van der Waals surface area contributed by atoms with E-state index in [2.05, 4.69) is 26.3 Å². The van der Waals surface area contributed by atoms with E-state index in [1.807, 2.05) is 13.8 Å². The maximum absolute atomic E-state index is 5.97. The molecule has 0 radical (unpaired) electrons. The van der Waals surface area contributed by atoms with Crippen molar-refractivity contribution >= 4 is 0 Å². The van der Waals surface area contributed by atoms with Gasteiger partial charge in [-0.15, -0.1) is 26.3 Å². The van der Waals surface area contributed by atoms with Crippen LogP contribution in [0.4, 0.5) is 0 Å². The zero-order chi connectivity index (χ0) is 16.9. The average Bonchev–Trinajstić information content (AvgIpc) is 2.53. The lowest BCUT2D eigenvalue weighted by Crippen LogP contribution is -2.59. The van der Waals surface area contributed by atoms with Gasteiger partial charge in [-0.1, -0.05) is 37.6 Å². The van der Waals surface area contributed by atoms with Crippen molar-refractivity contribution < 1.29 is 18.9 Å². The van der Waals surface area contributed by atoms with E-state index < -0.39 is 11.6 Å². The molecule has 0 saturated heterocycles. The van der Waals surface area contributed by atoms with Gasteiger partial charge in [-0.3, -0.25) is 0 Å². The molecule has 0 unspecified atom stereocenters. The summed E-state index contributed by atoms with van der Waals surface area (Å²) in [5, 5.41) is 0. The Morgan fingerprint density at radius 2 is 1.09 bits per heavy atom. The SMILES string of the molecule is C=CCOC(C)(OCC=C)C(CCC)(OCC=C)OCC=C. The lowest BCUT2D eigenvalue weighted by atomic mass is 10.0. The first-order valence-corrected chi connectivity index (χ1v) is 7.55. The summed E-state index contributed by atoms with van der Waals surface area (Å²) in [5.74, 6) is -2.19. The maximum atomic E-state index is 5.97. The van der Waals surface area contributed by atoms with Crippen LogP contribution in [0.1, 0.15) is 26.7 Å². The Morgan fingerprint density at radius 3 is 1.41 bits per heavy atom. The molecule has 0 atom stereocenters. The van der Waals surface area contributed by atoms with Crippen molar-refractivity contribution in [3.8, 4) is 0 Å². The van der Waals surface area contributed by atoms with Crippen molar-refractivity contribution in [2.75, 3.05) is 26.4 Å². The van der Waals surface area contributed by atoms with E-state index in [1.54, 1.807) is 24.3 Å². The van der Waals surface area contributed by atoms with Gasteiger partial charge in [0.25, 0.3) is 0 Å². The normalized spacial score (nSPS) is 11.9. The van der Waals surface area contributed by atoms with Crippen molar-refractivity contribution in [1.82, 2.24) is 0 Å². The number of ether oxygens (including phenoxy) is 4. The quantitative estimate of drug-likeness (QED) is 0.338. The standard InChI is InChI=1S/C18H30O4/c1-7-12-18(21-15-10-4,22-16-11-5)17(6,19-13-8-2)20-14-9-3/h8-11H,2-5,7,12-16H2,1,6H3. The van der Waals surface area contributed by atoms with Crippen molar-refractivity contribution in [2.24, 2.45) is 0 Å². The van der Waals surface area contributed by atoms with E-state index >= 15 is 0 Å². The summed E-state index contributed by atoms with van der Waals surface area (Å²) < 4.78 is 23.7. The van der Waals surface area contributed by atoms with Gasteiger partial charge in [0.1, 0.15) is 0 Å². The van der Waals surface area contributed by atoms with E-state index in [0.29, 0.717) is 32.8 Å². The van der Waals surface area contributed by atoms with Crippen LogP contribution >= 0.6 is 0 Å². The third-order valence-electron chi connectivity index (χ3n) is 3.09. The molecule has 0 amide bonds. The van der Waals surface area contributed by atoms with Gasteiger partial charge in [0, 0.05) is 6.42 Å². The van der Waals surface area contributed by atoms with Gasteiger partial charge in [-0.25, -0.2) is 0 Å². The van der Waals surface area contributed by atoms with Gasteiger partial charge >= 0.3 is 0 Å². The molecule has 0 fully saturated rings. The zero-order valence-corrected chi connectivity index (χ0v) is 14.0. The molecule has 0 aliphatic rings. The molecule has 126 valence electrons. The van der Waals surface area contributed by atoms with Crippen LogP contribution < -0.4 is 0 Å². The number of hydrogen-bond acceptors (Lipinski definition) is 4. The van der Waals surface area contributed by atoms with Crippen molar-refractivity contribution in [2.45, 2.75) is 38.3 Å². The largest absolute Gasteiger partial charge is 0.341 e. The molecule has 0 bridgehead atoms. The molecular formula is C18H30O4. The molecule has 22 heavy (non-hydrogen) atoms. The van der Waals surface area contributed by atoms with Crippen LogP contribution in [0, 0.1) is 0 Å². The number of rotatable bonds is 15. The van der Waals surface area contributed by atoms with Crippen LogP contribution in [0.15, 0.2) is 50.6 Å². The van der Waals surface area contributed by atoms with Crippen molar-refractivity contribution in [3.05, 3.63) is 50.6 Å². The highest BCUT2D eigenvalue weighted by molar-refractivity contribution is 4.90. The molecule has 0 saturated carbocycles. The minimum Gasteiger partial charge on any atom is -0.341 e. The Balaban J connectivity index is 5.59. The third-order valence-corrected chi connectivity index (χ3v) is 3.09. The molecule has 0 heterocycles. The van der Waals surface area contributed by atoms with Gasteiger partial charge < -0.3 is 18.9 Å². The van der Waals surface area contributed by atoms with Crippen LogP contribution in [-0.2, 0) is 18.9 Å². The number of hydrogen-bond donors (Lipinski definition) is 0. The Kier molecular flexibility index (Phi) is 10.8. The minimum absolute atomic E-state index is 0.313. The Hall–Kier alpha value is -1.20. The van der Waals surface area contributed by atoms with E-state index in [0.717, 1.165) is 6.42 Å². The minimum atomic E-state index is -1.11. The molecule has 0 aromatic rings. The first kappa shape index (κ1) is 20.8. The monoisotopic (exact) mass is 310 g/mol. The fourth-order valence-corrected chi connectivity index (χ4v) is 2.09. The maximum Gasteiger partial charge on any atom is 0.224 e. The van der Waals surface area contributed by atoms with Crippen LogP contribution in [0.5, 0.6) is 0 Å². The fourth-order valence-electron chi connectivity index (χ4n) is 2.09. The van der Waals surface area contributed by atoms with E-state index in [4.69, 9.17) is 18.9 Å². The summed E-state index contributed by atoms with van der Waals surface area (Å²) in [6.07, 6.45) is 8.09. The highest BCUT2D eigenvalue weighted by Gasteiger charge is 2.52. The smallest absolute Gasteiger partial charge is 0.224 e. The molecule has 0 spiro atoms. The second-order valence-corrected chi connectivity index (χ2v) is 4.85. The summed E-state index contributed by atoms with van der Waals surface area (Å²) in [5.41, 5.74) is 0. The summed E-state index contributed by atoms with van der Waals surface area (Å²) in [6.45, 7) is 19.9. The Labute approximate surface area is 135 Å². The molecule has 4 nitrogen and oxygen atoms in total. The zero-order valence-electron chi connectivity index (χ0n) is 14.0. The van der Waals surface area contributed by atoms with Gasteiger partial charge in [0.05, 0.1) is 26.4 Å². The van der Waals surface area contributed by atoms with Crippen LogP contribution in [0.2, 0.25) is 0 Å². The second-order valence-electron chi connectivity index (χ2n) is 4.85. The van der Waals surface area contributed by atoms with Crippen molar-refractivity contribution in [1.29, 1.82) is 0 Å². The third kappa shape index (κ3) is 5.89. The molecular weight excluding hydrogens is 280 g/mol. The molecule has 0 rings (SSSR count). The fraction of sp³-hybridized carbons (Fsp3) is 0.556. The predicted molar refractivity (Wildman–Crippen MR) is 90.6 cm³/mol. The Bertz CT molecular complexity index is 325. The van der Waals surface area contributed by atoms with Gasteiger partial charge in [0.15, 0.2) is 0 Å². The highest BCUT2D eigenvalue weighted by Crippen LogP contribution is 2.37. The molecule has 0 aromatic carbocycles. The summed E-state index contributed by atoms with van der Waals surface area (Å²) in [7, 11) is 0. The van der Waals surface area contributed by atoms with E-state index in [-0.39, 0.29) is 0 Å². The Morgan fingerprint density at radius 1 is 0.727 bits per heavy atom. The van der Waals surface area contributed by atoms with Gasteiger partial charge in [-0.05, 0) is 6.92 Å². The average molecular weight is 310 g/mol. The highest BCUT2D eigenvalue weighted by atomic mass is 16.8. The lowest BCUT2D eigenvalue weighted by Gasteiger charge is -2.46. The van der Waals surface area contributed by atoms with Crippen LogP contribution in [0.3, 0.4) is 0 Å². The van der Waals surface area contributed by atoms with Crippen LogP contribution in [-0.4, -0.2) is 38.0 Å². The van der Waals surface area contributed by atoms with Crippen LogP contribution in [0.25, 0.3) is 0 Å².